The zero-order valence-electron chi connectivity index (χ0n) is 14.7. The van der Waals surface area contributed by atoms with Crippen LogP contribution in [-0.4, -0.2) is 65.8 Å². The molecule has 0 N–H and O–H groups in total. The fourth-order valence-corrected chi connectivity index (χ4v) is 3.68. The predicted octanol–water partition coefficient (Wildman–Crippen LogP) is 1.65. The predicted molar refractivity (Wildman–Crippen MR) is 93.4 cm³/mol. The van der Waals surface area contributed by atoms with E-state index in [9.17, 15) is 9.59 Å². The number of hydrogen-bond acceptors (Lipinski definition) is 3. The normalized spacial score (nSPS) is 22.8. The van der Waals surface area contributed by atoms with Crippen LogP contribution in [0.3, 0.4) is 0 Å². The number of nitrogens with zero attached hydrogens (tertiary/aromatic N) is 3. The summed E-state index contributed by atoms with van der Waals surface area (Å²) in [4.78, 5) is 30.4. The lowest BCUT2D eigenvalue weighted by molar-refractivity contribution is -0.140. The van der Waals surface area contributed by atoms with Crippen LogP contribution >= 0.6 is 0 Å². The number of likely N-dealkylation sites (tertiary alicyclic amines) is 1. The Labute approximate surface area is 144 Å². The van der Waals surface area contributed by atoms with Crippen LogP contribution in [0.2, 0.25) is 0 Å². The van der Waals surface area contributed by atoms with Crippen LogP contribution < -0.4 is 0 Å². The van der Waals surface area contributed by atoms with Gasteiger partial charge in [-0.25, -0.2) is 0 Å². The number of rotatable bonds is 3. The topological polar surface area (TPSA) is 43.9 Å². The summed E-state index contributed by atoms with van der Waals surface area (Å²) in [6, 6.07) is 8.24. The molecule has 0 saturated carbocycles. The van der Waals surface area contributed by atoms with Crippen LogP contribution in [0.15, 0.2) is 24.3 Å². The Morgan fingerprint density at radius 2 is 1.96 bits per heavy atom. The average Bonchev–Trinajstić information content (AvgIpc) is 2.77. The number of likely N-dealkylation sites (N-methyl/N-ethyl adjacent to an activating group) is 1. The van der Waals surface area contributed by atoms with Crippen molar-refractivity contribution in [3.8, 4) is 0 Å². The van der Waals surface area contributed by atoms with Crippen LogP contribution in [-0.2, 0) is 16.1 Å². The van der Waals surface area contributed by atoms with Crippen molar-refractivity contribution < 1.29 is 9.59 Å². The number of carbonyl (C=O) groups is 2. The first-order valence-electron chi connectivity index (χ1n) is 8.87. The number of hydrogen-bond donors (Lipinski definition) is 0. The second-order valence-electron chi connectivity index (χ2n) is 6.94. The van der Waals surface area contributed by atoms with E-state index < -0.39 is 0 Å². The molecule has 2 amide bonds. The smallest absolute Gasteiger partial charge is 0.245 e. The van der Waals surface area contributed by atoms with E-state index in [1.165, 1.54) is 11.1 Å². The van der Waals surface area contributed by atoms with Crippen molar-refractivity contribution in [3.05, 3.63) is 35.4 Å². The number of carbonyl (C=O) groups excluding carboxylic acids is 2. The SMILES string of the molecule is Cc1ccccc1CN1CCCN(C(=O)C2CCC(=O)N2C)CC1. The molecule has 3 rings (SSSR count). The van der Waals surface area contributed by atoms with E-state index >= 15 is 0 Å². The molecule has 1 aromatic rings. The first-order chi connectivity index (χ1) is 11.6. The van der Waals surface area contributed by atoms with Crippen molar-refractivity contribution in [2.24, 2.45) is 0 Å². The number of amides is 2. The molecule has 0 aromatic heterocycles. The summed E-state index contributed by atoms with van der Waals surface area (Å²) in [5.74, 6) is 0.213. The maximum Gasteiger partial charge on any atom is 0.245 e. The van der Waals surface area contributed by atoms with Gasteiger partial charge in [-0.3, -0.25) is 14.5 Å². The van der Waals surface area contributed by atoms with E-state index in [1.807, 2.05) is 4.90 Å². The third-order valence-electron chi connectivity index (χ3n) is 5.33. The number of aryl methyl sites for hydroxylation is 1. The molecular formula is C19H27N3O2. The molecule has 0 spiro atoms. The van der Waals surface area contributed by atoms with Gasteiger partial charge in [0.2, 0.25) is 11.8 Å². The average molecular weight is 329 g/mol. The lowest BCUT2D eigenvalue weighted by atomic mass is 10.1. The van der Waals surface area contributed by atoms with Crippen molar-refractivity contribution in [1.82, 2.24) is 14.7 Å². The molecule has 1 atom stereocenters. The Morgan fingerprint density at radius 3 is 2.67 bits per heavy atom. The van der Waals surface area contributed by atoms with Gasteiger partial charge in [-0.1, -0.05) is 24.3 Å². The molecular weight excluding hydrogens is 302 g/mol. The fourth-order valence-electron chi connectivity index (χ4n) is 3.68. The van der Waals surface area contributed by atoms with Crippen molar-refractivity contribution in [3.63, 3.8) is 0 Å². The van der Waals surface area contributed by atoms with Gasteiger partial charge in [0, 0.05) is 46.2 Å². The van der Waals surface area contributed by atoms with Gasteiger partial charge < -0.3 is 9.80 Å². The summed E-state index contributed by atoms with van der Waals surface area (Å²) in [5, 5.41) is 0. The molecule has 24 heavy (non-hydrogen) atoms. The molecule has 2 heterocycles. The highest BCUT2D eigenvalue weighted by atomic mass is 16.2. The van der Waals surface area contributed by atoms with Crippen LogP contribution in [0.25, 0.3) is 0 Å². The minimum Gasteiger partial charge on any atom is -0.340 e. The molecule has 1 unspecified atom stereocenters. The second-order valence-corrected chi connectivity index (χ2v) is 6.94. The van der Waals surface area contributed by atoms with Gasteiger partial charge in [0.05, 0.1) is 0 Å². The van der Waals surface area contributed by atoms with E-state index in [4.69, 9.17) is 0 Å². The van der Waals surface area contributed by atoms with Crippen molar-refractivity contribution in [1.29, 1.82) is 0 Å². The molecule has 2 fully saturated rings. The molecule has 2 aliphatic heterocycles. The summed E-state index contributed by atoms with van der Waals surface area (Å²) in [7, 11) is 1.75. The zero-order chi connectivity index (χ0) is 17.1. The third-order valence-corrected chi connectivity index (χ3v) is 5.33. The molecule has 5 nitrogen and oxygen atoms in total. The van der Waals surface area contributed by atoms with Crippen LogP contribution in [0, 0.1) is 6.92 Å². The molecule has 2 saturated heterocycles. The van der Waals surface area contributed by atoms with Gasteiger partial charge in [-0.2, -0.15) is 0 Å². The molecule has 130 valence electrons. The standard InChI is InChI=1S/C19H27N3O2/c1-15-6-3-4-7-16(15)14-21-10-5-11-22(13-12-21)19(24)17-8-9-18(23)20(17)2/h3-4,6-7,17H,5,8-14H2,1-2H3. The summed E-state index contributed by atoms with van der Waals surface area (Å²) in [6.07, 6.45) is 2.15. The van der Waals surface area contributed by atoms with Crippen LogP contribution in [0.5, 0.6) is 0 Å². The third kappa shape index (κ3) is 3.61. The monoisotopic (exact) mass is 329 g/mol. The van der Waals surface area contributed by atoms with Gasteiger partial charge in [0.25, 0.3) is 0 Å². The van der Waals surface area contributed by atoms with Crippen molar-refractivity contribution >= 4 is 11.8 Å². The molecule has 0 radical (unpaired) electrons. The zero-order valence-corrected chi connectivity index (χ0v) is 14.7. The Hall–Kier alpha value is -1.88. The van der Waals surface area contributed by atoms with Gasteiger partial charge in [0.1, 0.15) is 6.04 Å². The lowest BCUT2D eigenvalue weighted by Gasteiger charge is -2.27. The van der Waals surface area contributed by atoms with Crippen molar-refractivity contribution in [2.75, 3.05) is 33.2 Å². The second kappa shape index (κ2) is 7.34. The van der Waals surface area contributed by atoms with E-state index in [-0.39, 0.29) is 17.9 Å². The molecule has 0 aliphatic carbocycles. The fraction of sp³-hybridized carbons (Fsp3) is 0.579. The first-order valence-corrected chi connectivity index (χ1v) is 8.87. The molecule has 5 heteroatoms. The minimum absolute atomic E-state index is 0.0874. The Kier molecular flexibility index (Phi) is 5.19. The van der Waals surface area contributed by atoms with Crippen molar-refractivity contribution in [2.45, 2.75) is 38.8 Å². The molecule has 0 bridgehead atoms. The highest BCUT2D eigenvalue weighted by molar-refractivity contribution is 5.90. The van der Waals surface area contributed by atoms with Crippen LogP contribution in [0.4, 0.5) is 0 Å². The van der Waals surface area contributed by atoms with Crippen LogP contribution in [0.1, 0.15) is 30.4 Å². The molecule has 2 aliphatic rings. The Bertz CT molecular complexity index is 616. The van der Waals surface area contributed by atoms with E-state index in [1.54, 1.807) is 11.9 Å². The lowest BCUT2D eigenvalue weighted by Crippen LogP contribution is -2.46. The minimum atomic E-state index is -0.250. The van der Waals surface area contributed by atoms with Gasteiger partial charge in [0.15, 0.2) is 0 Å². The Morgan fingerprint density at radius 1 is 1.17 bits per heavy atom. The molecule has 1 aromatic carbocycles. The van der Waals surface area contributed by atoms with E-state index in [2.05, 4.69) is 36.1 Å². The summed E-state index contributed by atoms with van der Waals surface area (Å²) in [5.41, 5.74) is 2.68. The quantitative estimate of drug-likeness (QED) is 0.847. The van der Waals surface area contributed by atoms with Gasteiger partial charge in [-0.15, -0.1) is 0 Å². The summed E-state index contributed by atoms with van der Waals surface area (Å²) < 4.78 is 0. The van der Waals surface area contributed by atoms with Gasteiger partial charge >= 0.3 is 0 Å². The largest absolute Gasteiger partial charge is 0.340 e. The van der Waals surface area contributed by atoms with E-state index in [0.29, 0.717) is 12.8 Å². The number of benzene rings is 1. The van der Waals surface area contributed by atoms with Gasteiger partial charge in [-0.05, 0) is 30.9 Å². The Balaban J connectivity index is 1.58. The highest BCUT2D eigenvalue weighted by Gasteiger charge is 2.36. The first kappa shape index (κ1) is 17.0. The maximum atomic E-state index is 12.7. The maximum absolute atomic E-state index is 12.7. The summed E-state index contributed by atoms with van der Waals surface area (Å²) >= 11 is 0. The highest BCUT2D eigenvalue weighted by Crippen LogP contribution is 2.20. The summed E-state index contributed by atoms with van der Waals surface area (Å²) in [6.45, 7) is 6.54. The van der Waals surface area contributed by atoms with E-state index in [0.717, 1.165) is 39.1 Å².